The first-order chi connectivity index (χ1) is 6.94. The van der Waals surface area contributed by atoms with E-state index in [9.17, 15) is 0 Å². The SMILES string of the molecule is Cc1ccc2sc(CC(C)(C)C)nc2c1. The Hall–Kier alpha value is -0.890. The van der Waals surface area contributed by atoms with Gasteiger partial charge in [0, 0.05) is 6.42 Å². The monoisotopic (exact) mass is 219 g/mol. The number of aryl methyl sites for hydroxylation is 1. The van der Waals surface area contributed by atoms with Gasteiger partial charge < -0.3 is 0 Å². The van der Waals surface area contributed by atoms with Gasteiger partial charge in [0.25, 0.3) is 0 Å². The summed E-state index contributed by atoms with van der Waals surface area (Å²) in [6.07, 6.45) is 1.06. The van der Waals surface area contributed by atoms with Gasteiger partial charge in [0.15, 0.2) is 0 Å². The highest BCUT2D eigenvalue weighted by atomic mass is 32.1. The summed E-state index contributed by atoms with van der Waals surface area (Å²) in [5.41, 5.74) is 2.76. The van der Waals surface area contributed by atoms with Crippen LogP contribution in [0.25, 0.3) is 10.2 Å². The number of hydrogen-bond donors (Lipinski definition) is 0. The summed E-state index contributed by atoms with van der Waals surface area (Å²) in [6.45, 7) is 8.88. The van der Waals surface area contributed by atoms with Gasteiger partial charge in [-0.25, -0.2) is 4.98 Å². The molecule has 0 radical (unpaired) electrons. The molecule has 15 heavy (non-hydrogen) atoms. The smallest absolute Gasteiger partial charge is 0.0943 e. The fourth-order valence-electron chi connectivity index (χ4n) is 1.61. The van der Waals surface area contributed by atoms with E-state index in [1.807, 2.05) is 11.3 Å². The Morgan fingerprint density at radius 2 is 2.00 bits per heavy atom. The van der Waals surface area contributed by atoms with Gasteiger partial charge in [0.2, 0.25) is 0 Å². The second-order valence-electron chi connectivity index (χ2n) is 5.32. The molecule has 2 heteroatoms. The lowest BCUT2D eigenvalue weighted by molar-refractivity contribution is 0.411. The maximum absolute atomic E-state index is 4.68. The number of aromatic nitrogens is 1. The average Bonchev–Trinajstić information content (AvgIpc) is 2.42. The molecule has 0 saturated carbocycles. The molecule has 0 aliphatic heterocycles. The molecule has 0 amide bonds. The van der Waals surface area contributed by atoms with Gasteiger partial charge in [-0.05, 0) is 30.0 Å². The molecule has 0 unspecified atom stereocenters. The van der Waals surface area contributed by atoms with Crippen LogP contribution < -0.4 is 0 Å². The zero-order chi connectivity index (χ0) is 11.1. The topological polar surface area (TPSA) is 12.9 Å². The van der Waals surface area contributed by atoms with Crippen molar-refractivity contribution in [1.29, 1.82) is 0 Å². The normalized spacial score (nSPS) is 12.3. The standard InChI is InChI=1S/C13H17NS/c1-9-5-6-11-10(7-9)14-12(15-11)8-13(2,3)4/h5-7H,8H2,1-4H3. The highest BCUT2D eigenvalue weighted by Gasteiger charge is 2.14. The molecule has 0 bridgehead atoms. The largest absolute Gasteiger partial charge is 0.241 e. The van der Waals surface area contributed by atoms with Crippen LogP contribution in [-0.2, 0) is 6.42 Å². The van der Waals surface area contributed by atoms with Crippen LogP contribution in [0, 0.1) is 12.3 Å². The molecular weight excluding hydrogens is 202 g/mol. The third-order valence-corrected chi connectivity index (χ3v) is 3.31. The quantitative estimate of drug-likeness (QED) is 0.700. The van der Waals surface area contributed by atoms with Gasteiger partial charge in [-0.3, -0.25) is 0 Å². The summed E-state index contributed by atoms with van der Waals surface area (Å²) in [4.78, 5) is 4.68. The maximum atomic E-state index is 4.68. The third-order valence-electron chi connectivity index (χ3n) is 2.27. The zero-order valence-electron chi connectivity index (χ0n) is 9.79. The molecule has 0 aliphatic rings. The summed E-state index contributed by atoms with van der Waals surface area (Å²) in [5.74, 6) is 0. The summed E-state index contributed by atoms with van der Waals surface area (Å²) in [7, 11) is 0. The van der Waals surface area contributed by atoms with Crippen molar-refractivity contribution in [2.24, 2.45) is 5.41 Å². The molecule has 80 valence electrons. The molecule has 1 heterocycles. The first kappa shape index (κ1) is 10.6. The number of benzene rings is 1. The molecular formula is C13H17NS. The van der Waals surface area contributed by atoms with Gasteiger partial charge in [-0.2, -0.15) is 0 Å². The molecule has 0 atom stereocenters. The van der Waals surface area contributed by atoms with Crippen molar-refractivity contribution in [3.05, 3.63) is 28.8 Å². The summed E-state index contributed by atoms with van der Waals surface area (Å²) in [5, 5.41) is 1.25. The molecule has 0 fully saturated rings. The van der Waals surface area contributed by atoms with E-state index in [2.05, 4.69) is 50.9 Å². The molecule has 0 saturated heterocycles. The van der Waals surface area contributed by atoms with Crippen LogP contribution in [0.4, 0.5) is 0 Å². The highest BCUT2D eigenvalue weighted by Crippen LogP contribution is 2.28. The van der Waals surface area contributed by atoms with Crippen molar-refractivity contribution >= 4 is 21.6 Å². The molecule has 1 aromatic heterocycles. The number of hydrogen-bond acceptors (Lipinski definition) is 2. The van der Waals surface area contributed by atoms with E-state index in [0.29, 0.717) is 5.41 Å². The van der Waals surface area contributed by atoms with Crippen LogP contribution in [0.15, 0.2) is 18.2 Å². The van der Waals surface area contributed by atoms with Gasteiger partial charge in [0.1, 0.15) is 0 Å². The summed E-state index contributed by atoms with van der Waals surface area (Å²) >= 11 is 1.82. The van der Waals surface area contributed by atoms with E-state index < -0.39 is 0 Å². The van der Waals surface area contributed by atoms with Crippen LogP contribution in [0.2, 0.25) is 0 Å². The van der Waals surface area contributed by atoms with Gasteiger partial charge in [-0.15, -0.1) is 11.3 Å². The second-order valence-corrected chi connectivity index (χ2v) is 6.43. The lowest BCUT2D eigenvalue weighted by Crippen LogP contribution is -2.08. The number of thiazole rings is 1. The second kappa shape index (κ2) is 3.60. The lowest BCUT2D eigenvalue weighted by Gasteiger charge is -2.15. The first-order valence-corrected chi connectivity index (χ1v) is 6.12. The van der Waals surface area contributed by atoms with Gasteiger partial charge in [0.05, 0.1) is 15.2 Å². The fourth-order valence-corrected chi connectivity index (χ4v) is 2.86. The molecule has 2 rings (SSSR count). The van der Waals surface area contributed by atoms with Crippen molar-refractivity contribution in [3.63, 3.8) is 0 Å². The third kappa shape index (κ3) is 2.57. The molecule has 1 aromatic carbocycles. The maximum Gasteiger partial charge on any atom is 0.0943 e. The predicted octanol–water partition coefficient (Wildman–Crippen LogP) is 4.19. The van der Waals surface area contributed by atoms with E-state index in [1.165, 1.54) is 15.3 Å². The Morgan fingerprint density at radius 3 is 2.67 bits per heavy atom. The van der Waals surface area contributed by atoms with E-state index in [0.717, 1.165) is 11.9 Å². The van der Waals surface area contributed by atoms with Gasteiger partial charge >= 0.3 is 0 Å². The Balaban J connectivity index is 2.39. The van der Waals surface area contributed by atoms with Gasteiger partial charge in [-0.1, -0.05) is 26.8 Å². The Bertz CT molecular complexity index is 477. The summed E-state index contributed by atoms with van der Waals surface area (Å²) < 4.78 is 1.31. The predicted molar refractivity (Wildman–Crippen MR) is 67.5 cm³/mol. The molecule has 0 spiro atoms. The minimum Gasteiger partial charge on any atom is -0.241 e. The van der Waals surface area contributed by atoms with Crippen LogP contribution in [0.3, 0.4) is 0 Å². The minimum atomic E-state index is 0.322. The van der Waals surface area contributed by atoms with Crippen molar-refractivity contribution in [3.8, 4) is 0 Å². The number of fused-ring (bicyclic) bond motifs is 1. The lowest BCUT2D eigenvalue weighted by atomic mass is 9.93. The van der Waals surface area contributed by atoms with Crippen molar-refractivity contribution < 1.29 is 0 Å². The Labute approximate surface area is 95.2 Å². The van der Waals surface area contributed by atoms with Crippen molar-refractivity contribution in [2.75, 3.05) is 0 Å². The van der Waals surface area contributed by atoms with E-state index in [-0.39, 0.29) is 0 Å². The molecule has 0 aliphatic carbocycles. The highest BCUT2D eigenvalue weighted by molar-refractivity contribution is 7.18. The van der Waals surface area contributed by atoms with Crippen LogP contribution in [-0.4, -0.2) is 4.98 Å². The number of nitrogens with zero attached hydrogens (tertiary/aromatic N) is 1. The minimum absolute atomic E-state index is 0.322. The first-order valence-electron chi connectivity index (χ1n) is 5.30. The van der Waals surface area contributed by atoms with Crippen LogP contribution in [0.5, 0.6) is 0 Å². The van der Waals surface area contributed by atoms with Crippen LogP contribution >= 0.6 is 11.3 Å². The Kier molecular flexibility index (Phi) is 2.55. The van der Waals surface area contributed by atoms with Crippen molar-refractivity contribution in [2.45, 2.75) is 34.1 Å². The van der Waals surface area contributed by atoms with E-state index >= 15 is 0 Å². The Morgan fingerprint density at radius 1 is 1.27 bits per heavy atom. The summed E-state index contributed by atoms with van der Waals surface area (Å²) in [6, 6.07) is 6.49. The van der Waals surface area contributed by atoms with Crippen LogP contribution in [0.1, 0.15) is 31.3 Å². The molecule has 0 N–H and O–H groups in total. The molecule has 2 aromatic rings. The average molecular weight is 219 g/mol. The zero-order valence-corrected chi connectivity index (χ0v) is 10.6. The van der Waals surface area contributed by atoms with E-state index in [4.69, 9.17) is 0 Å². The number of rotatable bonds is 1. The molecule has 1 nitrogen and oxygen atoms in total. The van der Waals surface area contributed by atoms with E-state index in [1.54, 1.807) is 0 Å². The fraction of sp³-hybridized carbons (Fsp3) is 0.462. The van der Waals surface area contributed by atoms with Crippen molar-refractivity contribution in [1.82, 2.24) is 4.98 Å².